The van der Waals surface area contributed by atoms with Crippen molar-refractivity contribution in [1.29, 1.82) is 0 Å². The molecule has 1 aromatic carbocycles. The highest BCUT2D eigenvalue weighted by molar-refractivity contribution is 5.34. The molecule has 2 N–H and O–H groups in total. The molecule has 3 heteroatoms. The lowest BCUT2D eigenvalue weighted by Crippen LogP contribution is -2.06. The number of hydrogen-bond donors (Lipinski definition) is 1. The second-order valence-corrected chi connectivity index (χ2v) is 4.54. The van der Waals surface area contributed by atoms with E-state index < -0.39 is 0 Å². The molecule has 0 atom stereocenters. The molecular weight excluding hydrogens is 229 g/mol. The zero-order valence-corrected chi connectivity index (χ0v) is 11.3. The van der Waals surface area contributed by atoms with E-state index in [1.165, 1.54) is 38.2 Å². The summed E-state index contributed by atoms with van der Waals surface area (Å²) in [5.41, 5.74) is 5.99. The molecule has 2 nitrogen and oxygen atoms in total. The second kappa shape index (κ2) is 8.92. The van der Waals surface area contributed by atoms with Crippen LogP contribution in [0.15, 0.2) is 18.2 Å². The number of nitrogens with two attached hydrogens (primary N) is 1. The van der Waals surface area contributed by atoms with Gasteiger partial charge in [-0.05, 0) is 18.6 Å². The van der Waals surface area contributed by atoms with Crippen LogP contribution in [0.1, 0.15) is 51.0 Å². The van der Waals surface area contributed by atoms with E-state index in [4.69, 9.17) is 10.5 Å². The summed E-state index contributed by atoms with van der Waals surface area (Å²) in [5.74, 6) is 0.309. The minimum atomic E-state index is -0.280. The molecule has 0 amide bonds. The van der Waals surface area contributed by atoms with Crippen LogP contribution in [0.25, 0.3) is 0 Å². The van der Waals surface area contributed by atoms with E-state index in [9.17, 15) is 4.39 Å². The van der Waals surface area contributed by atoms with Crippen LogP contribution in [0.3, 0.4) is 0 Å². The number of halogens is 1. The Balaban J connectivity index is 2.25. The number of rotatable bonds is 9. The lowest BCUT2D eigenvalue weighted by molar-refractivity contribution is 0.299. The molecule has 0 radical (unpaired) electrons. The maximum absolute atomic E-state index is 13.4. The fourth-order valence-electron chi connectivity index (χ4n) is 1.94. The molecule has 0 heterocycles. The van der Waals surface area contributed by atoms with Gasteiger partial charge in [0, 0.05) is 12.1 Å². The Morgan fingerprint density at radius 2 is 1.83 bits per heavy atom. The summed E-state index contributed by atoms with van der Waals surface area (Å²) < 4.78 is 19.0. The van der Waals surface area contributed by atoms with Gasteiger partial charge in [-0.2, -0.15) is 0 Å². The second-order valence-electron chi connectivity index (χ2n) is 4.54. The highest BCUT2D eigenvalue weighted by Gasteiger charge is 2.07. The van der Waals surface area contributed by atoms with Crippen LogP contribution in [0.2, 0.25) is 0 Å². The molecule has 0 saturated heterocycles. The van der Waals surface area contributed by atoms with Gasteiger partial charge in [-0.15, -0.1) is 0 Å². The Labute approximate surface area is 109 Å². The quantitative estimate of drug-likeness (QED) is 0.674. The van der Waals surface area contributed by atoms with Gasteiger partial charge in [-0.1, -0.05) is 45.1 Å². The van der Waals surface area contributed by atoms with Crippen LogP contribution >= 0.6 is 0 Å². The third kappa shape index (κ3) is 5.05. The first kappa shape index (κ1) is 15.0. The van der Waals surface area contributed by atoms with Crippen molar-refractivity contribution >= 4 is 0 Å². The molecule has 0 spiro atoms. The van der Waals surface area contributed by atoms with Crippen LogP contribution in [0.4, 0.5) is 4.39 Å². The zero-order chi connectivity index (χ0) is 13.2. The smallest absolute Gasteiger partial charge is 0.131 e. The van der Waals surface area contributed by atoms with Crippen molar-refractivity contribution in [2.75, 3.05) is 6.61 Å². The average Bonchev–Trinajstić information content (AvgIpc) is 2.38. The summed E-state index contributed by atoms with van der Waals surface area (Å²) in [4.78, 5) is 0. The zero-order valence-electron chi connectivity index (χ0n) is 11.3. The van der Waals surface area contributed by atoms with Gasteiger partial charge in [0.25, 0.3) is 0 Å². The van der Waals surface area contributed by atoms with Crippen molar-refractivity contribution in [1.82, 2.24) is 0 Å². The first-order valence-electron chi connectivity index (χ1n) is 6.89. The maximum Gasteiger partial charge on any atom is 0.131 e. The van der Waals surface area contributed by atoms with Gasteiger partial charge >= 0.3 is 0 Å². The lowest BCUT2D eigenvalue weighted by Gasteiger charge is -2.10. The van der Waals surface area contributed by atoms with Gasteiger partial charge in [0.2, 0.25) is 0 Å². The minimum absolute atomic E-state index is 0.179. The fourth-order valence-corrected chi connectivity index (χ4v) is 1.94. The van der Waals surface area contributed by atoms with E-state index in [-0.39, 0.29) is 12.4 Å². The van der Waals surface area contributed by atoms with Gasteiger partial charge in [0.15, 0.2) is 0 Å². The van der Waals surface area contributed by atoms with Gasteiger partial charge in [-0.25, -0.2) is 4.39 Å². The molecular formula is C15H24FNO. The molecule has 1 rings (SSSR count). The van der Waals surface area contributed by atoms with E-state index in [0.29, 0.717) is 17.9 Å². The number of benzene rings is 1. The molecule has 1 aromatic rings. The molecule has 18 heavy (non-hydrogen) atoms. The van der Waals surface area contributed by atoms with E-state index in [0.717, 1.165) is 6.42 Å². The molecule has 0 aliphatic heterocycles. The number of hydrogen-bond acceptors (Lipinski definition) is 2. The normalized spacial score (nSPS) is 10.6. The Hall–Kier alpha value is -1.09. The highest BCUT2D eigenvalue weighted by atomic mass is 19.1. The van der Waals surface area contributed by atoms with E-state index in [2.05, 4.69) is 6.92 Å². The Kier molecular flexibility index (Phi) is 7.42. The Morgan fingerprint density at radius 3 is 2.56 bits per heavy atom. The monoisotopic (exact) mass is 253 g/mol. The van der Waals surface area contributed by atoms with Crippen molar-refractivity contribution in [2.24, 2.45) is 5.73 Å². The molecule has 0 aromatic heterocycles. The maximum atomic E-state index is 13.4. The Morgan fingerprint density at radius 1 is 1.11 bits per heavy atom. The fraction of sp³-hybridized carbons (Fsp3) is 0.600. The van der Waals surface area contributed by atoms with Crippen molar-refractivity contribution in [3.8, 4) is 5.75 Å². The third-order valence-corrected chi connectivity index (χ3v) is 3.04. The molecule has 0 aliphatic rings. The predicted octanol–water partition coefficient (Wildman–Crippen LogP) is 4.02. The first-order chi connectivity index (χ1) is 8.79. The summed E-state index contributed by atoms with van der Waals surface area (Å²) in [5, 5.41) is 0. The van der Waals surface area contributed by atoms with E-state index >= 15 is 0 Å². The molecule has 0 aliphatic carbocycles. The van der Waals surface area contributed by atoms with Crippen LogP contribution in [-0.2, 0) is 6.54 Å². The topological polar surface area (TPSA) is 35.2 Å². The summed E-state index contributed by atoms with van der Waals surface area (Å²) in [6, 6.07) is 4.85. The van der Waals surface area contributed by atoms with Crippen LogP contribution in [0.5, 0.6) is 5.75 Å². The predicted molar refractivity (Wildman–Crippen MR) is 73.2 cm³/mol. The number of unbranched alkanes of at least 4 members (excludes halogenated alkanes) is 5. The van der Waals surface area contributed by atoms with Crippen molar-refractivity contribution in [3.63, 3.8) is 0 Å². The van der Waals surface area contributed by atoms with Gasteiger partial charge in [0.1, 0.15) is 11.6 Å². The molecule has 0 unspecified atom stereocenters. The van der Waals surface area contributed by atoms with Crippen LogP contribution in [-0.4, -0.2) is 6.61 Å². The Bertz CT molecular complexity index is 341. The number of ether oxygens (including phenoxy) is 1. The highest BCUT2D eigenvalue weighted by Crippen LogP contribution is 2.21. The first-order valence-corrected chi connectivity index (χ1v) is 6.89. The van der Waals surface area contributed by atoms with Gasteiger partial charge in [-0.3, -0.25) is 0 Å². The summed E-state index contributed by atoms with van der Waals surface area (Å²) in [6.07, 6.45) is 7.31. The molecule has 0 fully saturated rings. The molecule has 102 valence electrons. The minimum Gasteiger partial charge on any atom is -0.493 e. The largest absolute Gasteiger partial charge is 0.493 e. The standard InChI is InChI=1S/C15H24FNO/c1-2-3-4-5-6-7-11-18-15-10-8-9-14(16)13(15)12-17/h8-10H,2-7,11-12,17H2,1H3. The van der Waals surface area contributed by atoms with Crippen LogP contribution < -0.4 is 10.5 Å². The lowest BCUT2D eigenvalue weighted by atomic mass is 10.1. The van der Waals surface area contributed by atoms with Gasteiger partial charge < -0.3 is 10.5 Å². The van der Waals surface area contributed by atoms with Crippen molar-refractivity contribution in [3.05, 3.63) is 29.6 Å². The van der Waals surface area contributed by atoms with Gasteiger partial charge in [0.05, 0.1) is 6.61 Å². The SMILES string of the molecule is CCCCCCCCOc1cccc(F)c1CN. The summed E-state index contributed by atoms with van der Waals surface area (Å²) in [7, 11) is 0. The molecule has 0 bridgehead atoms. The third-order valence-electron chi connectivity index (χ3n) is 3.04. The van der Waals surface area contributed by atoms with E-state index in [1.54, 1.807) is 12.1 Å². The van der Waals surface area contributed by atoms with E-state index in [1.807, 2.05) is 0 Å². The summed E-state index contributed by atoms with van der Waals surface area (Å²) >= 11 is 0. The average molecular weight is 253 g/mol. The summed E-state index contributed by atoms with van der Waals surface area (Å²) in [6.45, 7) is 3.03. The molecule has 0 saturated carbocycles. The van der Waals surface area contributed by atoms with Crippen LogP contribution in [0, 0.1) is 5.82 Å². The van der Waals surface area contributed by atoms with Crippen molar-refractivity contribution in [2.45, 2.75) is 52.0 Å². The van der Waals surface area contributed by atoms with Crippen molar-refractivity contribution < 1.29 is 9.13 Å².